The Morgan fingerprint density at radius 1 is 1.07 bits per heavy atom. The van der Waals surface area contributed by atoms with Gasteiger partial charge in [-0.05, 0) is 76.7 Å². The predicted octanol–water partition coefficient (Wildman–Crippen LogP) is 4.88. The zero-order valence-electron chi connectivity index (χ0n) is 33.4. The monoisotopic (exact) mass is 834 g/mol. The molecule has 2 aromatic rings. The summed E-state index contributed by atoms with van der Waals surface area (Å²) in [6.45, 7) is 7.54. The highest BCUT2D eigenvalue weighted by molar-refractivity contribution is 7.91. The molecule has 1 aromatic heterocycles. The van der Waals surface area contributed by atoms with E-state index in [0.717, 1.165) is 25.7 Å². The lowest BCUT2D eigenvalue weighted by molar-refractivity contribution is -0.182. The van der Waals surface area contributed by atoms with Gasteiger partial charge in [0, 0.05) is 23.1 Å². The van der Waals surface area contributed by atoms with E-state index in [1.54, 1.807) is 25.1 Å². The van der Waals surface area contributed by atoms with E-state index in [9.17, 15) is 40.8 Å². The molecule has 1 saturated heterocycles. The van der Waals surface area contributed by atoms with Gasteiger partial charge < -0.3 is 30.3 Å². The van der Waals surface area contributed by atoms with E-state index in [1.165, 1.54) is 11.1 Å². The second-order valence-corrected chi connectivity index (χ2v) is 18.7. The van der Waals surface area contributed by atoms with Gasteiger partial charge in [-0.25, -0.2) is 18.2 Å². The molecule has 4 aliphatic rings. The highest BCUT2D eigenvalue weighted by Crippen LogP contribution is 2.46. The molecule has 4 N–H and O–H groups in total. The van der Waals surface area contributed by atoms with Crippen molar-refractivity contribution in [3.8, 4) is 11.6 Å². The zero-order chi connectivity index (χ0) is 42.2. The first-order valence-electron chi connectivity index (χ1n) is 19.9. The number of benzene rings is 1. The number of aromatic nitrogens is 1. The average molecular weight is 835 g/mol. The number of urea groups is 1. The topological polar surface area (TPSA) is 185 Å². The molecule has 318 valence electrons. The summed E-state index contributed by atoms with van der Waals surface area (Å²) in [5, 5.41) is 7.89. The molecule has 2 aliphatic carbocycles. The summed E-state index contributed by atoms with van der Waals surface area (Å²) in [7, 11) is -3.97. The molecule has 1 unspecified atom stereocenters. The van der Waals surface area contributed by atoms with Crippen LogP contribution in [0.4, 0.5) is 18.0 Å². The Morgan fingerprint density at radius 3 is 2.45 bits per heavy atom. The van der Waals surface area contributed by atoms with Crippen LogP contribution in [0.5, 0.6) is 11.6 Å². The number of amides is 5. The molecule has 0 bridgehead atoms. The van der Waals surface area contributed by atoms with E-state index >= 15 is 0 Å². The van der Waals surface area contributed by atoms with Gasteiger partial charge in [0.25, 0.3) is 5.91 Å². The maximum atomic E-state index is 14.8. The van der Waals surface area contributed by atoms with Crippen LogP contribution in [0.3, 0.4) is 0 Å². The molecule has 18 heteroatoms. The number of hydrogen-bond donors (Lipinski definition) is 4. The molecule has 1 aromatic carbocycles. The fourth-order valence-corrected chi connectivity index (χ4v) is 9.11. The lowest BCUT2D eigenvalue weighted by atomic mass is 9.88. The molecule has 2 aliphatic heterocycles. The van der Waals surface area contributed by atoms with Gasteiger partial charge in [-0.2, -0.15) is 13.2 Å². The molecule has 3 heterocycles. The summed E-state index contributed by atoms with van der Waals surface area (Å²) in [6, 6.07) is 3.40. The molecule has 14 nitrogen and oxygen atoms in total. The standard InChI is InChI=1S/C40H53F3N6O8S/c1-6-17-56-31-21-44-34(29-14-10-9-13-28(29)31)57-26-19-30-33(50)46-39(36(52)48-58(54,55)27-15-16-27)20-25(39)12-8-7-11-23(2)18-24(3)32(35(51)49(30)22-26)45-37(53)47-38(4,5)40(41,42)43/h8-10,12-14,21,23-27,30,32H,6-7,11,15-20,22H2,1-5H3,(H,46,50)(H,48,52)(H2,45,47,53)/b12-8-/t23-,24-,25?,26-,30+,32+,39-/m1/s1. The number of alkyl halides is 3. The number of sulfonamides is 1. The van der Waals surface area contributed by atoms with Gasteiger partial charge in [0.1, 0.15) is 35.0 Å². The molecule has 5 amide bonds. The number of rotatable bonds is 10. The SMILES string of the molecule is CCCOc1cnc(O[C@@H]2C[C@H]3C(=O)N[C@]4(C(=O)NS(=O)(=O)C5CC5)CC4/C=C\CC[C@@H](C)C[C@@H](C)[C@H](NC(=O)NC(C)(C)C(F)(F)F)C(=O)N3C2)c2ccccc12. The first-order valence-corrected chi connectivity index (χ1v) is 21.5. The fraction of sp³-hybridized carbons (Fsp3) is 0.625. The Bertz CT molecular complexity index is 2040. The van der Waals surface area contributed by atoms with E-state index < -0.39 is 86.3 Å². The first kappa shape index (κ1) is 43.0. The van der Waals surface area contributed by atoms with Crippen LogP contribution in [-0.2, 0) is 24.4 Å². The minimum atomic E-state index is -4.80. The van der Waals surface area contributed by atoms with Gasteiger partial charge in [-0.1, -0.05) is 51.1 Å². The van der Waals surface area contributed by atoms with Crippen LogP contribution in [0, 0.1) is 17.8 Å². The van der Waals surface area contributed by atoms with Crippen molar-refractivity contribution in [3.05, 3.63) is 42.6 Å². The van der Waals surface area contributed by atoms with Crippen LogP contribution in [0.15, 0.2) is 42.6 Å². The minimum Gasteiger partial charge on any atom is -0.491 e. The van der Waals surface area contributed by atoms with Gasteiger partial charge in [0.2, 0.25) is 27.7 Å². The number of hydrogen-bond acceptors (Lipinski definition) is 9. The van der Waals surface area contributed by atoms with Gasteiger partial charge in [-0.15, -0.1) is 0 Å². The minimum absolute atomic E-state index is 0.0126. The lowest BCUT2D eigenvalue weighted by Gasteiger charge is -2.34. The van der Waals surface area contributed by atoms with Crippen molar-refractivity contribution in [3.63, 3.8) is 0 Å². The quantitative estimate of drug-likeness (QED) is 0.243. The van der Waals surface area contributed by atoms with Crippen molar-refractivity contribution in [1.29, 1.82) is 0 Å². The normalized spacial score (nSPS) is 28.9. The lowest BCUT2D eigenvalue weighted by Crippen LogP contribution is -2.62. The molecule has 0 radical (unpaired) electrons. The summed E-state index contributed by atoms with van der Waals surface area (Å²) in [4.78, 5) is 62.0. The Balaban J connectivity index is 1.35. The number of pyridine rings is 1. The van der Waals surface area contributed by atoms with E-state index in [0.29, 0.717) is 49.8 Å². The van der Waals surface area contributed by atoms with Crippen molar-refractivity contribution < 1.29 is 50.2 Å². The van der Waals surface area contributed by atoms with Crippen LogP contribution >= 0.6 is 0 Å². The van der Waals surface area contributed by atoms with Crippen molar-refractivity contribution in [1.82, 2.24) is 30.6 Å². The highest BCUT2D eigenvalue weighted by atomic mass is 32.2. The van der Waals surface area contributed by atoms with E-state index in [-0.39, 0.29) is 31.2 Å². The zero-order valence-corrected chi connectivity index (χ0v) is 34.2. The number of nitrogens with zero attached hydrogens (tertiary/aromatic N) is 2. The number of halogens is 3. The van der Waals surface area contributed by atoms with E-state index in [1.807, 2.05) is 37.4 Å². The Labute approximate surface area is 336 Å². The summed E-state index contributed by atoms with van der Waals surface area (Å²) in [5.41, 5.74) is -4.25. The van der Waals surface area contributed by atoms with Gasteiger partial charge in [0.15, 0.2) is 0 Å². The second-order valence-electron chi connectivity index (χ2n) is 16.8. The van der Waals surface area contributed by atoms with Gasteiger partial charge in [-0.3, -0.25) is 19.1 Å². The predicted molar refractivity (Wildman–Crippen MR) is 208 cm³/mol. The fourth-order valence-electron chi connectivity index (χ4n) is 7.75. The highest BCUT2D eigenvalue weighted by Gasteiger charge is 2.62. The van der Waals surface area contributed by atoms with Crippen LogP contribution in [0.2, 0.25) is 0 Å². The Kier molecular flexibility index (Phi) is 12.3. The van der Waals surface area contributed by atoms with Crippen molar-refractivity contribution in [2.75, 3.05) is 13.2 Å². The largest absolute Gasteiger partial charge is 0.491 e. The molecule has 6 rings (SSSR count). The van der Waals surface area contributed by atoms with E-state index in [4.69, 9.17) is 9.47 Å². The van der Waals surface area contributed by atoms with E-state index in [2.05, 4.69) is 20.3 Å². The van der Waals surface area contributed by atoms with Crippen LogP contribution in [0.25, 0.3) is 10.8 Å². The van der Waals surface area contributed by atoms with Crippen molar-refractivity contribution in [2.45, 2.75) is 127 Å². The summed E-state index contributed by atoms with van der Waals surface area (Å²) < 4.78 is 81.7. The molecule has 2 saturated carbocycles. The molecule has 58 heavy (non-hydrogen) atoms. The molecular formula is C40H53F3N6O8S. The summed E-state index contributed by atoms with van der Waals surface area (Å²) in [5.74, 6) is -2.75. The van der Waals surface area contributed by atoms with Gasteiger partial charge >= 0.3 is 12.2 Å². The van der Waals surface area contributed by atoms with Gasteiger partial charge in [0.05, 0.1) is 24.6 Å². The number of nitrogens with one attached hydrogen (secondary N) is 4. The number of fused-ring (bicyclic) bond motifs is 3. The summed E-state index contributed by atoms with van der Waals surface area (Å²) in [6.07, 6.45) is 2.78. The maximum Gasteiger partial charge on any atom is 0.411 e. The summed E-state index contributed by atoms with van der Waals surface area (Å²) >= 11 is 0. The Hall–Kier alpha value is -4.61. The number of carbonyl (C=O) groups excluding carboxylic acids is 4. The van der Waals surface area contributed by atoms with Crippen LogP contribution < -0.4 is 30.1 Å². The smallest absolute Gasteiger partial charge is 0.411 e. The molecule has 0 spiro atoms. The number of ether oxygens (including phenoxy) is 2. The maximum absolute atomic E-state index is 14.8. The van der Waals surface area contributed by atoms with Crippen LogP contribution in [-0.4, -0.2) is 95.9 Å². The van der Waals surface area contributed by atoms with Crippen LogP contribution in [0.1, 0.15) is 86.0 Å². The van der Waals surface area contributed by atoms with Crippen molar-refractivity contribution >= 4 is 44.5 Å². The van der Waals surface area contributed by atoms with Crippen molar-refractivity contribution in [2.24, 2.45) is 17.8 Å². The number of carbonyl (C=O) groups is 4. The molecular weight excluding hydrogens is 782 g/mol. The molecule has 3 fully saturated rings. The Morgan fingerprint density at radius 2 is 1.78 bits per heavy atom. The third-order valence-corrected chi connectivity index (χ3v) is 13.3. The third-order valence-electron chi connectivity index (χ3n) is 11.5. The first-order chi connectivity index (χ1) is 27.3. The average Bonchev–Trinajstić information content (AvgIpc) is 4.08. The molecule has 7 atom stereocenters. The third kappa shape index (κ3) is 9.31. The second kappa shape index (κ2) is 16.6. The number of allylic oxidation sites excluding steroid dienone is 1.